The van der Waals surface area contributed by atoms with Crippen molar-refractivity contribution in [1.82, 2.24) is 0 Å². The zero-order valence-electron chi connectivity index (χ0n) is 14.3. The van der Waals surface area contributed by atoms with Crippen molar-refractivity contribution in [3.63, 3.8) is 0 Å². The third-order valence-electron chi connectivity index (χ3n) is 3.76. The number of carbonyl (C=O) groups excluding carboxylic acids is 1. The van der Waals surface area contributed by atoms with E-state index in [0.29, 0.717) is 23.4 Å². The molecule has 1 amide bonds. The van der Waals surface area contributed by atoms with Gasteiger partial charge in [0.05, 0.1) is 30.7 Å². The average Bonchev–Trinajstić information content (AvgIpc) is 2.63. The summed E-state index contributed by atoms with van der Waals surface area (Å²) in [5, 5.41) is 18.1. The van der Waals surface area contributed by atoms with E-state index in [2.05, 4.69) is 12.1 Å². The van der Waals surface area contributed by atoms with E-state index < -0.39 is 0 Å². The summed E-state index contributed by atoms with van der Waals surface area (Å²) in [5.74, 6) is 0.483. The minimum atomic E-state index is -0.240. The second kappa shape index (κ2) is 8.52. The van der Waals surface area contributed by atoms with Crippen molar-refractivity contribution < 1.29 is 9.53 Å². The molecule has 0 fully saturated rings. The number of rotatable bonds is 6. The predicted molar refractivity (Wildman–Crippen MR) is 95.4 cm³/mol. The Morgan fingerprint density at radius 1 is 1.16 bits per heavy atom. The number of ether oxygens (including phenoxy) is 1. The fraction of sp³-hybridized carbons (Fsp3) is 0.250. The molecule has 2 aromatic carbocycles. The second-order valence-corrected chi connectivity index (χ2v) is 5.43. The quantitative estimate of drug-likeness (QED) is 0.805. The van der Waals surface area contributed by atoms with Gasteiger partial charge in [-0.2, -0.15) is 10.5 Å². The molecule has 5 heteroatoms. The maximum atomic E-state index is 12.9. The van der Waals surface area contributed by atoms with Crippen molar-refractivity contribution in [2.45, 2.75) is 20.3 Å². The lowest BCUT2D eigenvalue weighted by Crippen LogP contribution is -2.31. The zero-order chi connectivity index (χ0) is 18.2. The molecule has 5 nitrogen and oxygen atoms in total. The first kappa shape index (κ1) is 18.0. The molecule has 0 spiro atoms. The van der Waals surface area contributed by atoms with Crippen LogP contribution in [0.1, 0.15) is 34.8 Å². The second-order valence-electron chi connectivity index (χ2n) is 5.43. The summed E-state index contributed by atoms with van der Waals surface area (Å²) in [5.41, 5.74) is 2.40. The number of carbonyl (C=O) groups is 1. The Morgan fingerprint density at radius 3 is 2.48 bits per heavy atom. The van der Waals surface area contributed by atoms with Crippen LogP contribution >= 0.6 is 0 Å². The number of nitriles is 2. The highest BCUT2D eigenvalue weighted by Gasteiger charge is 2.18. The number of hydrogen-bond donors (Lipinski definition) is 0. The summed E-state index contributed by atoms with van der Waals surface area (Å²) in [6, 6.07) is 16.4. The van der Waals surface area contributed by atoms with Crippen LogP contribution in [0.15, 0.2) is 42.5 Å². The Morgan fingerprint density at radius 2 is 1.88 bits per heavy atom. The van der Waals surface area contributed by atoms with Crippen molar-refractivity contribution >= 4 is 11.6 Å². The van der Waals surface area contributed by atoms with E-state index in [1.165, 1.54) is 0 Å². The Balaban J connectivity index is 2.35. The van der Waals surface area contributed by atoms with Gasteiger partial charge >= 0.3 is 0 Å². The summed E-state index contributed by atoms with van der Waals surface area (Å²) in [6.07, 6.45) is 0.218. The molecule has 25 heavy (non-hydrogen) atoms. The minimum absolute atomic E-state index is 0.218. The molecular formula is C20H19N3O2. The number of aryl methyl sites for hydroxylation is 1. The fourth-order valence-corrected chi connectivity index (χ4v) is 2.43. The fourth-order valence-electron chi connectivity index (χ4n) is 2.43. The molecule has 0 aliphatic heterocycles. The van der Waals surface area contributed by atoms with Gasteiger partial charge in [-0.25, -0.2) is 0 Å². The van der Waals surface area contributed by atoms with Crippen LogP contribution in [0.5, 0.6) is 5.75 Å². The Kier molecular flexibility index (Phi) is 6.14. The van der Waals surface area contributed by atoms with Crippen LogP contribution < -0.4 is 9.64 Å². The molecule has 0 saturated heterocycles. The van der Waals surface area contributed by atoms with E-state index in [4.69, 9.17) is 10.00 Å². The number of amides is 1. The first-order valence-corrected chi connectivity index (χ1v) is 8.03. The highest BCUT2D eigenvalue weighted by atomic mass is 16.5. The third kappa shape index (κ3) is 4.37. The minimum Gasteiger partial charge on any atom is -0.494 e. The number of hydrogen-bond acceptors (Lipinski definition) is 4. The van der Waals surface area contributed by atoms with E-state index in [1.807, 2.05) is 13.8 Å². The van der Waals surface area contributed by atoms with Crippen LogP contribution in [-0.4, -0.2) is 19.1 Å². The largest absolute Gasteiger partial charge is 0.494 e. The first-order valence-electron chi connectivity index (χ1n) is 8.03. The van der Waals surface area contributed by atoms with Crippen molar-refractivity contribution in [3.05, 3.63) is 59.2 Å². The van der Waals surface area contributed by atoms with Crippen LogP contribution in [0.3, 0.4) is 0 Å². The van der Waals surface area contributed by atoms with Gasteiger partial charge in [0.15, 0.2) is 0 Å². The maximum absolute atomic E-state index is 12.9. The van der Waals surface area contributed by atoms with Gasteiger partial charge in [-0.15, -0.1) is 0 Å². The molecule has 0 N–H and O–H groups in total. The molecule has 2 aromatic rings. The third-order valence-corrected chi connectivity index (χ3v) is 3.76. The Hall–Kier alpha value is -3.31. The topological polar surface area (TPSA) is 77.1 Å². The monoisotopic (exact) mass is 333 g/mol. The molecule has 126 valence electrons. The maximum Gasteiger partial charge on any atom is 0.258 e. The van der Waals surface area contributed by atoms with Crippen molar-refractivity contribution in [2.24, 2.45) is 0 Å². The molecule has 0 unspecified atom stereocenters. The van der Waals surface area contributed by atoms with Crippen molar-refractivity contribution in [1.29, 1.82) is 10.5 Å². The Labute approximate surface area is 147 Å². The lowest BCUT2D eigenvalue weighted by Gasteiger charge is -2.22. The van der Waals surface area contributed by atoms with Gasteiger partial charge in [0.25, 0.3) is 5.91 Å². The smallest absolute Gasteiger partial charge is 0.258 e. The molecular weight excluding hydrogens is 314 g/mol. The van der Waals surface area contributed by atoms with Gasteiger partial charge in [0.1, 0.15) is 5.75 Å². The number of benzene rings is 2. The normalized spacial score (nSPS) is 9.76. The SMILES string of the molecule is CCOc1ccc(N(CCC#N)C(=O)c2ccc(C)c(C#N)c2)cc1. The van der Waals surface area contributed by atoms with E-state index >= 15 is 0 Å². The van der Waals surface area contributed by atoms with Gasteiger partial charge in [-0.1, -0.05) is 6.07 Å². The predicted octanol–water partition coefficient (Wildman–Crippen LogP) is 3.83. The molecule has 0 bridgehead atoms. The van der Waals surface area contributed by atoms with Crippen LogP contribution in [0, 0.1) is 29.6 Å². The molecule has 2 rings (SSSR count). The van der Waals surface area contributed by atoms with E-state index in [1.54, 1.807) is 47.4 Å². The van der Waals surface area contributed by atoms with Gasteiger partial charge < -0.3 is 9.64 Å². The summed E-state index contributed by atoms with van der Waals surface area (Å²) in [6.45, 7) is 4.57. The van der Waals surface area contributed by atoms with Crippen molar-refractivity contribution in [2.75, 3.05) is 18.1 Å². The summed E-state index contributed by atoms with van der Waals surface area (Å²) in [4.78, 5) is 14.5. The molecule has 0 saturated carbocycles. The van der Waals surface area contributed by atoms with Gasteiger partial charge in [-0.3, -0.25) is 4.79 Å². The summed E-state index contributed by atoms with van der Waals surface area (Å²) < 4.78 is 5.42. The molecule has 0 heterocycles. The van der Waals surface area contributed by atoms with Crippen LogP contribution in [0.2, 0.25) is 0 Å². The molecule has 0 aliphatic rings. The lowest BCUT2D eigenvalue weighted by atomic mass is 10.0. The first-order chi connectivity index (χ1) is 12.1. The van der Waals surface area contributed by atoms with Crippen LogP contribution in [0.4, 0.5) is 5.69 Å². The standard InChI is InChI=1S/C20H19N3O2/c1-3-25-19-9-7-18(8-10-19)23(12-4-11-21)20(24)16-6-5-15(2)17(13-16)14-22/h5-10,13H,3-4,12H2,1-2H3. The Bertz CT molecular complexity index is 830. The van der Waals surface area contributed by atoms with Gasteiger partial charge in [0, 0.05) is 17.8 Å². The van der Waals surface area contributed by atoms with E-state index in [0.717, 1.165) is 11.3 Å². The van der Waals surface area contributed by atoms with Gasteiger partial charge in [0.2, 0.25) is 0 Å². The molecule has 0 atom stereocenters. The summed E-state index contributed by atoms with van der Waals surface area (Å²) >= 11 is 0. The highest BCUT2D eigenvalue weighted by Crippen LogP contribution is 2.22. The molecule has 0 aromatic heterocycles. The summed E-state index contributed by atoms with van der Waals surface area (Å²) in [7, 11) is 0. The van der Waals surface area contributed by atoms with Crippen LogP contribution in [-0.2, 0) is 0 Å². The van der Waals surface area contributed by atoms with Crippen LogP contribution in [0.25, 0.3) is 0 Å². The lowest BCUT2D eigenvalue weighted by molar-refractivity contribution is 0.0987. The molecule has 0 radical (unpaired) electrons. The van der Waals surface area contributed by atoms with Gasteiger partial charge in [-0.05, 0) is 55.8 Å². The number of anilines is 1. The average molecular weight is 333 g/mol. The van der Waals surface area contributed by atoms with E-state index in [9.17, 15) is 10.1 Å². The van der Waals surface area contributed by atoms with E-state index in [-0.39, 0.29) is 18.9 Å². The highest BCUT2D eigenvalue weighted by molar-refractivity contribution is 6.06. The van der Waals surface area contributed by atoms with Crippen molar-refractivity contribution in [3.8, 4) is 17.9 Å². The number of nitrogens with zero attached hydrogens (tertiary/aromatic N) is 3. The molecule has 0 aliphatic carbocycles. The zero-order valence-corrected chi connectivity index (χ0v) is 14.3.